The van der Waals surface area contributed by atoms with Crippen LogP contribution in [0.25, 0.3) is 6.08 Å². The van der Waals surface area contributed by atoms with E-state index in [4.69, 9.17) is 23.7 Å². The number of esters is 2. The maximum atomic E-state index is 12.1. The van der Waals surface area contributed by atoms with Crippen molar-refractivity contribution < 1.29 is 33.3 Å². The first-order valence-electron chi connectivity index (χ1n) is 8.73. The van der Waals surface area contributed by atoms with Crippen molar-refractivity contribution in [1.29, 1.82) is 0 Å². The second-order valence-corrected chi connectivity index (χ2v) is 5.67. The molecule has 0 aliphatic heterocycles. The molecule has 0 aliphatic rings. The number of carbonyl (C=O) groups excluding carboxylic acids is 2. The molecule has 1 aromatic rings. The number of rotatable bonds is 12. The average molecular weight is 380 g/mol. The van der Waals surface area contributed by atoms with Gasteiger partial charge in [-0.3, -0.25) is 4.79 Å². The molecule has 1 aromatic carbocycles. The summed E-state index contributed by atoms with van der Waals surface area (Å²) in [6, 6.07) is 5.47. The highest BCUT2D eigenvalue weighted by Gasteiger charge is 2.15. The number of ether oxygens (including phenoxy) is 5. The van der Waals surface area contributed by atoms with Gasteiger partial charge in [0, 0.05) is 26.7 Å². The lowest BCUT2D eigenvalue weighted by molar-refractivity contribution is -0.154. The van der Waals surface area contributed by atoms with Gasteiger partial charge in [0.25, 0.3) is 0 Å². The van der Waals surface area contributed by atoms with E-state index >= 15 is 0 Å². The Labute approximate surface area is 160 Å². The molecule has 0 spiro atoms. The Kier molecular flexibility index (Phi) is 10.8. The Morgan fingerprint density at radius 2 is 1.81 bits per heavy atom. The summed E-state index contributed by atoms with van der Waals surface area (Å²) in [5.74, 6) is -0.108. The van der Waals surface area contributed by atoms with Gasteiger partial charge in [0.2, 0.25) is 0 Å². The molecular weight excluding hydrogens is 352 g/mol. The molecule has 150 valence electrons. The number of hydrogen-bond acceptors (Lipinski definition) is 7. The van der Waals surface area contributed by atoms with Crippen molar-refractivity contribution in [3.05, 3.63) is 35.4 Å². The van der Waals surface area contributed by atoms with E-state index in [-0.39, 0.29) is 25.6 Å². The molecule has 7 nitrogen and oxygen atoms in total. The lowest BCUT2D eigenvalue weighted by Crippen LogP contribution is -2.27. The first kappa shape index (κ1) is 22.7. The van der Waals surface area contributed by atoms with Crippen molar-refractivity contribution in [2.75, 3.05) is 41.2 Å². The highest BCUT2D eigenvalue weighted by Crippen LogP contribution is 2.21. The summed E-state index contributed by atoms with van der Waals surface area (Å²) < 4.78 is 25.5. The van der Waals surface area contributed by atoms with Crippen LogP contribution in [0.15, 0.2) is 24.3 Å². The van der Waals surface area contributed by atoms with Gasteiger partial charge >= 0.3 is 11.9 Å². The molecule has 0 aliphatic carbocycles. The number of carbonyl (C=O) groups is 2. The Hall–Kier alpha value is -2.38. The number of benzene rings is 1. The number of methoxy groups -OCH3 is 3. The Balaban J connectivity index is 2.77. The van der Waals surface area contributed by atoms with Gasteiger partial charge in [-0.05, 0) is 42.7 Å². The fourth-order valence-electron chi connectivity index (χ4n) is 2.40. The Bertz CT molecular complexity index is 619. The summed E-state index contributed by atoms with van der Waals surface area (Å²) in [7, 11) is 4.64. The average Bonchev–Trinajstić information content (AvgIpc) is 2.65. The van der Waals surface area contributed by atoms with Crippen molar-refractivity contribution in [3.8, 4) is 5.75 Å². The second-order valence-electron chi connectivity index (χ2n) is 5.67. The van der Waals surface area contributed by atoms with Crippen LogP contribution in [0.2, 0.25) is 0 Å². The highest BCUT2D eigenvalue weighted by molar-refractivity contribution is 5.87. The smallest absolute Gasteiger partial charge is 0.330 e. The molecule has 0 heterocycles. The maximum absolute atomic E-state index is 12.1. The van der Waals surface area contributed by atoms with E-state index in [9.17, 15) is 9.59 Å². The molecule has 0 unspecified atom stereocenters. The van der Waals surface area contributed by atoms with Crippen LogP contribution in [0.5, 0.6) is 5.75 Å². The van der Waals surface area contributed by atoms with Gasteiger partial charge in [-0.25, -0.2) is 4.79 Å². The third kappa shape index (κ3) is 8.70. The van der Waals surface area contributed by atoms with Crippen LogP contribution in [0.4, 0.5) is 0 Å². The summed E-state index contributed by atoms with van der Waals surface area (Å²) in [4.78, 5) is 23.7. The van der Waals surface area contributed by atoms with E-state index in [0.717, 1.165) is 11.1 Å². The molecule has 0 fully saturated rings. The zero-order valence-corrected chi connectivity index (χ0v) is 16.4. The lowest BCUT2D eigenvalue weighted by atomic mass is 10.0. The van der Waals surface area contributed by atoms with Crippen molar-refractivity contribution in [1.82, 2.24) is 0 Å². The maximum Gasteiger partial charge on any atom is 0.330 e. The molecule has 0 saturated heterocycles. The molecular formula is C20H28O7. The van der Waals surface area contributed by atoms with Gasteiger partial charge in [-0.15, -0.1) is 0 Å². The molecule has 0 aromatic heterocycles. The SMILES string of the molecule is CCOC(=O)/C=C/c1cc(OC)ccc1CCC(=O)OC(COC)COC. The van der Waals surface area contributed by atoms with Gasteiger partial charge in [0.15, 0.2) is 0 Å². The van der Waals surface area contributed by atoms with E-state index in [1.807, 2.05) is 6.07 Å². The van der Waals surface area contributed by atoms with Gasteiger partial charge < -0.3 is 23.7 Å². The molecule has 0 saturated carbocycles. The van der Waals surface area contributed by atoms with Crippen LogP contribution in [-0.2, 0) is 35.0 Å². The molecule has 0 bridgehead atoms. The van der Waals surface area contributed by atoms with Crippen LogP contribution in [0, 0.1) is 0 Å². The third-order valence-corrected chi connectivity index (χ3v) is 3.64. The predicted octanol–water partition coefficient (Wildman–Crippen LogP) is 2.41. The topological polar surface area (TPSA) is 80.3 Å². The van der Waals surface area contributed by atoms with E-state index in [1.165, 1.54) is 20.3 Å². The molecule has 0 N–H and O–H groups in total. The molecule has 7 heteroatoms. The van der Waals surface area contributed by atoms with Crippen LogP contribution in [-0.4, -0.2) is 59.2 Å². The van der Waals surface area contributed by atoms with Gasteiger partial charge in [0.1, 0.15) is 11.9 Å². The first-order valence-corrected chi connectivity index (χ1v) is 8.73. The minimum absolute atomic E-state index is 0.191. The van der Waals surface area contributed by atoms with E-state index in [2.05, 4.69) is 0 Å². The minimum Gasteiger partial charge on any atom is -0.497 e. The van der Waals surface area contributed by atoms with Crippen LogP contribution in [0.1, 0.15) is 24.5 Å². The zero-order valence-electron chi connectivity index (χ0n) is 16.4. The van der Waals surface area contributed by atoms with E-state index in [1.54, 1.807) is 32.2 Å². The first-order chi connectivity index (χ1) is 13.0. The van der Waals surface area contributed by atoms with Crippen LogP contribution in [0.3, 0.4) is 0 Å². The fourth-order valence-corrected chi connectivity index (χ4v) is 2.40. The zero-order chi connectivity index (χ0) is 20.1. The van der Waals surface area contributed by atoms with Crippen molar-refractivity contribution in [3.63, 3.8) is 0 Å². The fraction of sp³-hybridized carbons (Fsp3) is 0.500. The quantitative estimate of drug-likeness (QED) is 0.407. The number of aryl methyl sites for hydroxylation is 1. The second kappa shape index (κ2) is 12.9. The van der Waals surface area contributed by atoms with Crippen molar-refractivity contribution in [2.45, 2.75) is 25.9 Å². The van der Waals surface area contributed by atoms with Crippen LogP contribution >= 0.6 is 0 Å². The van der Waals surface area contributed by atoms with E-state index in [0.29, 0.717) is 18.8 Å². The summed E-state index contributed by atoms with van der Waals surface area (Å²) in [5.41, 5.74) is 1.67. The molecule has 0 radical (unpaired) electrons. The lowest BCUT2D eigenvalue weighted by Gasteiger charge is -2.16. The molecule has 27 heavy (non-hydrogen) atoms. The molecule has 1 rings (SSSR count). The van der Waals surface area contributed by atoms with Gasteiger partial charge in [-0.2, -0.15) is 0 Å². The van der Waals surface area contributed by atoms with E-state index < -0.39 is 12.1 Å². The standard InChI is InChI=1S/C20H28O7/c1-5-26-19(21)10-8-16-12-17(25-4)9-6-15(16)7-11-20(22)27-18(13-23-2)14-24-3/h6,8-10,12,18H,5,7,11,13-14H2,1-4H3/b10-8+. The minimum atomic E-state index is -0.438. The Morgan fingerprint density at radius 3 is 2.41 bits per heavy atom. The highest BCUT2D eigenvalue weighted by atomic mass is 16.6. The Morgan fingerprint density at radius 1 is 1.11 bits per heavy atom. The monoisotopic (exact) mass is 380 g/mol. The summed E-state index contributed by atoms with van der Waals surface area (Å²) in [6.45, 7) is 2.60. The number of hydrogen-bond donors (Lipinski definition) is 0. The molecule has 0 amide bonds. The normalized spacial score (nSPS) is 11.0. The summed E-state index contributed by atoms with van der Waals surface area (Å²) in [5, 5.41) is 0. The van der Waals surface area contributed by atoms with Gasteiger partial charge in [-0.1, -0.05) is 6.07 Å². The third-order valence-electron chi connectivity index (χ3n) is 3.64. The van der Waals surface area contributed by atoms with Crippen molar-refractivity contribution in [2.24, 2.45) is 0 Å². The largest absolute Gasteiger partial charge is 0.497 e. The summed E-state index contributed by atoms with van der Waals surface area (Å²) >= 11 is 0. The van der Waals surface area contributed by atoms with Gasteiger partial charge in [0.05, 0.1) is 26.9 Å². The summed E-state index contributed by atoms with van der Waals surface area (Å²) in [6.07, 6.45) is 3.22. The van der Waals surface area contributed by atoms with Crippen molar-refractivity contribution >= 4 is 18.0 Å². The molecule has 0 atom stereocenters. The van der Waals surface area contributed by atoms with Crippen LogP contribution < -0.4 is 4.74 Å². The predicted molar refractivity (Wildman–Crippen MR) is 101 cm³/mol.